The molecule has 0 aliphatic carbocycles. The first-order chi connectivity index (χ1) is 10.8. The number of nitrogens with one attached hydrogen (secondary N) is 3. The highest BCUT2D eigenvalue weighted by Gasteiger charge is 2.20. The number of aromatic amines is 1. The lowest BCUT2D eigenvalue weighted by atomic mass is 10.1. The zero-order chi connectivity index (χ0) is 17.0. The number of amides is 2. The highest BCUT2D eigenvalue weighted by molar-refractivity contribution is 6.39. The first-order valence-corrected chi connectivity index (χ1v) is 7.25. The van der Waals surface area contributed by atoms with E-state index in [4.69, 9.17) is 4.74 Å². The van der Waals surface area contributed by atoms with Gasteiger partial charge < -0.3 is 20.4 Å². The zero-order valence-electron chi connectivity index (χ0n) is 13.7. The number of rotatable bonds is 3. The van der Waals surface area contributed by atoms with Gasteiger partial charge in [0.05, 0.1) is 7.11 Å². The van der Waals surface area contributed by atoms with Gasteiger partial charge in [-0.05, 0) is 45.0 Å². The van der Waals surface area contributed by atoms with Gasteiger partial charge in [0, 0.05) is 34.7 Å². The Balaban J connectivity index is 2.15. The number of H-pyrrole nitrogens is 1. The number of carbonyl (C=O) groups is 2. The van der Waals surface area contributed by atoms with E-state index < -0.39 is 17.4 Å². The molecule has 0 saturated carbocycles. The molecule has 3 N–H and O–H groups in total. The Labute approximate surface area is 135 Å². The van der Waals surface area contributed by atoms with E-state index >= 15 is 0 Å². The van der Waals surface area contributed by atoms with Crippen LogP contribution in [0, 0.1) is 0 Å². The van der Waals surface area contributed by atoms with Gasteiger partial charge in [0.25, 0.3) is 0 Å². The van der Waals surface area contributed by atoms with Crippen molar-refractivity contribution in [2.45, 2.75) is 26.3 Å². The molecule has 0 aliphatic rings. The molecule has 0 unspecified atom stereocenters. The van der Waals surface area contributed by atoms with E-state index in [1.807, 2.05) is 45.2 Å². The van der Waals surface area contributed by atoms with Gasteiger partial charge >= 0.3 is 11.8 Å². The number of ether oxygens (including phenoxy) is 1. The average Bonchev–Trinajstić information content (AvgIpc) is 2.99. The SMILES string of the molecule is COc1cc(NC(=O)C(=O)NC(C)(C)C)ccc1-c1ccc[nH]1. The second-order valence-corrected chi connectivity index (χ2v) is 6.16. The minimum Gasteiger partial charge on any atom is -0.496 e. The lowest BCUT2D eigenvalue weighted by Gasteiger charge is -2.20. The van der Waals surface area contributed by atoms with E-state index in [0.717, 1.165) is 11.3 Å². The van der Waals surface area contributed by atoms with Crippen LogP contribution in [0.5, 0.6) is 5.75 Å². The van der Waals surface area contributed by atoms with Gasteiger partial charge in [0.15, 0.2) is 0 Å². The van der Waals surface area contributed by atoms with Crippen LogP contribution in [0.4, 0.5) is 5.69 Å². The van der Waals surface area contributed by atoms with Gasteiger partial charge in [-0.1, -0.05) is 0 Å². The molecule has 1 aromatic carbocycles. The van der Waals surface area contributed by atoms with Gasteiger partial charge in [-0.15, -0.1) is 0 Å². The Morgan fingerprint density at radius 1 is 1.13 bits per heavy atom. The first-order valence-electron chi connectivity index (χ1n) is 7.25. The molecule has 1 heterocycles. The number of benzene rings is 1. The molecule has 2 amide bonds. The summed E-state index contributed by atoms with van der Waals surface area (Å²) in [5.74, 6) is -0.791. The summed E-state index contributed by atoms with van der Waals surface area (Å²) in [7, 11) is 1.56. The van der Waals surface area contributed by atoms with Gasteiger partial charge in [-0.2, -0.15) is 0 Å². The highest BCUT2D eigenvalue weighted by atomic mass is 16.5. The molecule has 2 rings (SSSR count). The number of anilines is 1. The molecule has 6 heteroatoms. The molecule has 2 aromatic rings. The van der Waals surface area contributed by atoms with Crippen LogP contribution in [0.2, 0.25) is 0 Å². The Kier molecular flexibility index (Phi) is 4.74. The van der Waals surface area contributed by atoms with Crippen molar-refractivity contribution in [2.75, 3.05) is 12.4 Å². The summed E-state index contributed by atoms with van der Waals surface area (Å²) in [5, 5.41) is 5.18. The first kappa shape index (κ1) is 16.6. The van der Waals surface area contributed by atoms with Gasteiger partial charge in [0.1, 0.15) is 5.75 Å². The quantitative estimate of drug-likeness (QED) is 0.761. The Morgan fingerprint density at radius 3 is 2.43 bits per heavy atom. The van der Waals surface area contributed by atoms with E-state index in [1.165, 1.54) is 0 Å². The fraction of sp³-hybridized carbons (Fsp3) is 0.294. The zero-order valence-corrected chi connectivity index (χ0v) is 13.7. The summed E-state index contributed by atoms with van der Waals surface area (Å²) in [6.07, 6.45) is 1.82. The molecule has 0 fully saturated rings. The van der Waals surface area contributed by atoms with Gasteiger partial charge in [0.2, 0.25) is 0 Å². The Hall–Kier alpha value is -2.76. The third-order valence-electron chi connectivity index (χ3n) is 3.04. The van der Waals surface area contributed by atoms with Crippen molar-refractivity contribution >= 4 is 17.5 Å². The van der Waals surface area contributed by atoms with Crippen molar-refractivity contribution in [3.05, 3.63) is 36.5 Å². The monoisotopic (exact) mass is 315 g/mol. The molecule has 0 saturated heterocycles. The van der Waals surface area contributed by atoms with Crippen molar-refractivity contribution < 1.29 is 14.3 Å². The highest BCUT2D eigenvalue weighted by Crippen LogP contribution is 2.31. The molecule has 122 valence electrons. The Morgan fingerprint density at radius 2 is 1.87 bits per heavy atom. The number of hydrogen-bond acceptors (Lipinski definition) is 3. The summed E-state index contributed by atoms with van der Waals surface area (Å²) in [6.45, 7) is 5.44. The van der Waals surface area contributed by atoms with Crippen molar-refractivity contribution in [1.29, 1.82) is 0 Å². The van der Waals surface area contributed by atoms with Crippen molar-refractivity contribution in [1.82, 2.24) is 10.3 Å². The third-order valence-corrected chi connectivity index (χ3v) is 3.04. The standard InChI is InChI=1S/C17H21N3O3/c1-17(2,3)20-16(22)15(21)19-11-7-8-12(14(10-11)23-4)13-6-5-9-18-13/h5-10,18H,1-4H3,(H,19,21)(H,20,22). The number of hydrogen-bond donors (Lipinski definition) is 3. The van der Waals surface area contributed by atoms with Crippen molar-refractivity contribution in [2.24, 2.45) is 0 Å². The molecule has 1 aromatic heterocycles. The topological polar surface area (TPSA) is 83.2 Å². The maximum absolute atomic E-state index is 11.9. The lowest BCUT2D eigenvalue weighted by molar-refractivity contribution is -0.137. The molecule has 6 nitrogen and oxygen atoms in total. The predicted octanol–water partition coefficient (Wildman–Crippen LogP) is 2.54. The summed E-state index contributed by atoms with van der Waals surface area (Å²) < 4.78 is 5.36. The molecule has 0 radical (unpaired) electrons. The number of methoxy groups -OCH3 is 1. The third kappa shape index (κ3) is 4.35. The smallest absolute Gasteiger partial charge is 0.313 e. The van der Waals surface area contributed by atoms with Crippen LogP contribution >= 0.6 is 0 Å². The van der Waals surface area contributed by atoms with Crippen molar-refractivity contribution in [3.63, 3.8) is 0 Å². The summed E-state index contributed by atoms with van der Waals surface area (Å²) in [4.78, 5) is 26.8. The molecular formula is C17H21N3O3. The van der Waals surface area contributed by atoms with E-state index in [-0.39, 0.29) is 0 Å². The minimum atomic E-state index is -0.713. The van der Waals surface area contributed by atoms with Gasteiger partial charge in [-0.25, -0.2) is 0 Å². The summed E-state index contributed by atoms with van der Waals surface area (Å²) >= 11 is 0. The fourth-order valence-corrected chi connectivity index (χ4v) is 2.07. The second kappa shape index (κ2) is 6.56. The number of carbonyl (C=O) groups excluding carboxylic acids is 2. The van der Waals surface area contributed by atoms with Crippen LogP contribution in [-0.4, -0.2) is 29.4 Å². The summed E-state index contributed by atoms with van der Waals surface area (Å²) in [5.41, 5.74) is 1.80. The van der Waals surface area contributed by atoms with Crippen LogP contribution in [-0.2, 0) is 9.59 Å². The molecule has 23 heavy (non-hydrogen) atoms. The molecule has 0 spiro atoms. The predicted molar refractivity (Wildman–Crippen MR) is 89.3 cm³/mol. The molecule has 0 aliphatic heterocycles. The normalized spacial score (nSPS) is 11.0. The maximum Gasteiger partial charge on any atom is 0.313 e. The minimum absolute atomic E-state index is 0.469. The van der Waals surface area contributed by atoms with Crippen LogP contribution in [0.3, 0.4) is 0 Å². The van der Waals surface area contributed by atoms with Crippen LogP contribution < -0.4 is 15.4 Å². The van der Waals surface area contributed by atoms with Gasteiger partial charge in [-0.3, -0.25) is 9.59 Å². The largest absolute Gasteiger partial charge is 0.496 e. The van der Waals surface area contributed by atoms with Crippen LogP contribution in [0.1, 0.15) is 20.8 Å². The average molecular weight is 315 g/mol. The van der Waals surface area contributed by atoms with Crippen LogP contribution in [0.15, 0.2) is 36.5 Å². The fourth-order valence-electron chi connectivity index (χ4n) is 2.07. The van der Waals surface area contributed by atoms with E-state index in [2.05, 4.69) is 15.6 Å². The molecule has 0 bridgehead atoms. The van der Waals surface area contributed by atoms with Crippen molar-refractivity contribution in [3.8, 4) is 17.0 Å². The van der Waals surface area contributed by atoms with E-state index in [0.29, 0.717) is 11.4 Å². The Bertz CT molecular complexity index is 700. The van der Waals surface area contributed by atoms with Crippen LogP contribution in [0.25, 0.3) is 11.3 Å². The van der Waals surface area contributed by atoms with E-state index in [1.54, 1.807) is 19.2 Å². The molecule has 0 atom stereocenters. The lowest BCUT2D eigenvalue weighted by Crippen LogP contribution is -2.46. The maximum atomic E-state index is 11.9. The van der Waals surface area contributed by atoms with E-state index in [9.17, 15) is 9.59 Å². The number of aromatic nitrogens is 1. The second-order valence-electron chi connectivity index (χ2n) is 6.16. The molecular weight excluding hydrogens is 294 g/mol. The summed E-state index contributed by atoms with van der Waals surface area (Å²) in [6, 6.07) is 9.04.